The first-order chi connectivity index (χ1) is 5.36. The Morgan fingerprint density at radius 3 is 3.18 bits per heavy atom. The summed E-state index contributed by atoms with van der Waals surface area (Å²) < 4.78 is 0. The van der Waals surface area contributed by atoms with Crippen LogP contribution in [0.5, 0.6) is 0 Å². The molecule has 2 rings (SSSR count). The lowest BCUT2D eigenvalue weighted by Crippen LogP contribution is -2.43. The summed E-state index contributed by atoms with van der Waals surface area (Å²) in [6, 6.07) is 0. The maximum atomic E-state index is 3.96. The van der Waals surface area contributed by atoms with Gasteiger partial charge in [-0.1, -0.05) is 6.08 Å². The van der Waals surface area contributed by atoms with Gasteiger partial charge >= 0.3 is 0 Å². The van der Waals surface area contributed by atoms with E-state index in [9.17, 15) is 0 Å². The number of nitrogens with zero attached hydrogens (tertiary/aromatic N) is 3. The summed E-state index contributed by atoms with van der Waals surface area (Å²) in [5.74, 6) is 1.62. The lowest BCUT2D eigenvalue weighted by atomic mass is 10.3. The van der Waals surface area contributed by atoms with Crippen LogP contribution in [0.15, 0.2) is 34.6 Å². The van der Waals surface area contributed by atoms with E-state index in [-0.39, 0.29) is 0 Å². The standard InChI is InChI=1S/C7H8N4/c1-6-8-9-7-4-2-3-5-11(7)10-6/h2-5H,1H3,(H,8,10). The second-order valence-electron chi connectivity index (χ2n) is 2.33. The molecule has 0 unspecified atom stereocenters. The number of hydrogen-bond acceptors (Lipinski definition) is 4. The molecular weight excluding hydrogens is 140 g/mol. The highest BCUT2D eigenvalue weighted by atomic mass is 15.6. The largest absolute Gasteiger partial charge is 0.278 e. The molecule has 0 spiro atoms. The fourth-order valence-electron chi connectivity index (χ4n) is 0.933. The molecule has 2 heterocycles. The summed E-state index contributed by atoms with van der Waals surface area (Å²) in [5.41, 5.74) is 3.03. The zero-order valence-corrected chi connectivity index (χ0v) is 6.15. The Morgan fingerprint density at radius 2 is 2.27 bits per heavy atom. The summed E-state index contributed by atoms with van der Waals surface area (Å²) >= 11 is 0. The first-order valence-electron chi connectivity index (χ1n) is 3.39. The summed E-state index contributed by atoms with van der Waals surface area (Å²) in [6.45, 7) is 1.87. The third-order valence-corrected chi connectivity index (χ3v) is 1.42. The number of hydrazine groups is 1. The zero-order valence-electron chi connectivity index (χ0n) is 6.15. The number of hydrogen-bond donors (Lipinski definition) is 1. The first kappa shape index (κ1) is 6.15. The van der Waals surface area contributed by atoms with Crippen molar-refractivity contribution in [3.63, 3.8) is 0 Å². The van der Waals surface area contributed by atoms with E-state index in [1.165, 1.54) is 0 Å². The quantitative estimate of drug-likeness (QED) is 0.547. The average molecular weight is 148 g/mol. The van der Waals surface area contributed by atoms with Crippen molar-refractivity contribution in [1.82, 2.24) is 10.4 Å². The Morgan fingerprint density at radius 1 is 1.36 bits per heavy atom. The van der Waals surface area contributed by atoms with Gasteiger partial charge in [-0.15, -0.1) is 10.2 Å². The molecule has 4 nitrogen and oxygen atoms in total. The van der Waals surface area contributed by atoms with E-state index in [0.717, 1.165) is 11.7 Å². The van der Waals surface area contributed by atoms with E-state index < -0.39 is 0 Å². The molecule has 0 aromatic heterocycles. The number of allylic oxidation sites excluding steroid dienone is 2. The molecule has 0 saturated carbocycles. The molecule has 0 atom stereocenters. The summed E-state index contributed by atoms with van der Waals surface area (Å²) in [7, 11) is 0. The second-order valence-corrected chi connectivity index (χ2v) is 2.33. The molecule has 56 valence electrons. The number of nitrogens with one attached hydrogen (secondary N) is 1. The predicted molar refractivity (Wildman–Crippen MR) is 43.8 cm³/mol. The van der Waals surface area contributed by atoms with E-state index >= 15 is 0 Å². The Kier molecular flexibility index (Phi) is 1.25. The van der Waals surface area contributed by atoms with Crippen LogP contribution in [0.4, 0.5) is 0 Å². The second kappa shape index (κ2) is 2.23. The summed E-state index contributed by atoms with van der Waals surface area (Å²) in [4.78, 5) is 0. The Labute approximate surface area is 64.6 Å². The van der Waals surface area contributed by atoms with Gasteiger partial charge in [0.05, 0.1) is 0 Å². The van der Waals surface area contributed by atoms with Gasteiger partial charge in [-0.25, -0.2) is 5.01 Å². The van der Waals surface area contributed by atoms with Gasteiger partial charge in [0.15, 0.2) is 5.84 Å². The molecule has 0 aromatic rings. The van der Waals surface area contributed by atoms with Gasteiger partial charge in [-0.3, -0.25) is 5.43 Å². The highest BCUT2D eigenvalue weighted by Gasteiger charge is 2.11. The van der Waals surface area contributed by atoms with Gasteiger partial charge < -0.3 is 0 Å². The van der Waals surface area contributed by atoms with Gasteiger partial charge in [0.25, 0.3) is 0 Å². The Bertz CT molecular complexity index is 285. The van der Waals surface area contributed by atoms with Crippen molar-refractivity contribution in [1.29, 1.82) is 0 Å². The van der Waals surface area contributed by atoms with E-state index in [1.54, 1.807) is 0 Å². The Hall–Kier alpha value is -1.58. The van der Waals surface area contributed by atoms with Crippen molar-refractivity contribution in [3.8, 4) is 0 Å². The van der Waals surface area contributed by atoms with Crippen molar-refractivity contribution in [2.24, 2.45) is 10.2 Å². The van der Waals surface area contributed by atoms with Gasteiger partial charge in [-0.2, -0.15) is 0 Å². The first-order valence-corrected chi connectivity index (χ1v) is 3.39. The van der Waals surface area contributed by atoms with Crippen molar-refractivity contribution >= 4 is 11.7 Å². The molecule has 0 amide bonds. The number of fused-ring (bicyclic) bond motifs is 1. The van der Waals surface area contributed by atoms with Gasteiger partial charge in [-0.05, 0) is 19.1 Å². The molecule has 0 aliphatic carbocycles. The van der Waals surface area contributed by atoms with Crippen LogP contribution in [-0.2, 0) is 0 Å². The van der Waals surface area contributed by atoms with Crippen LogP contribution in [-0.4, -0.2) is 16.7 Å². The monoisotopic (exact) mass is 148 g/mol. The molecule has 1 N–H and O–H groups in total. The van der Waals surface area contributed by atoms with Crippen molar-refractivity contribution in [3.05, 3.63) is 24.4 Å². The Balaban J connectivity index is 2.33. The van der Waals surface area contributed by atoms with Crippen molar-refractivity contribution in [2.75, 3.05) is 0 Å². The minimum atomic E-state index is 0.800. The molecule has 2 aliphatic heterocycles. The van der Waals surface area contributed by atoms with Crippen LogP contribution in [0.1, 0.15) is 6.92 Å². The molecular formula is C7H8N4. The zero-order chi connectivity index (χ0) is 7.68. The normalized spacial score (nSPS) is 20.3. The topological polar surface area (TPSA) is 40.0 Å². The maximum absolute atomic E-state index is 3.96. The van der Waals surface area contributed by atoms with Crippen LogP contribution in [0.3, 0.4) is 0 Å². The van der Waals surface area contributed by atoms with E-state index in [1.807, 2.05) is 36.4 Å². The smallest absolute Gasteiger partial charge is 0.173 e. The molecule has 4 heteroatoms. The van der Waals surface area contributed by atoms with Crippen LogP contribution in [0, 0.1) is 0 Å². The summed E-state index contributed by atoms with van der Waals surface area (Å²) in [5, 5.41) is 9.67. The predicted octanol–water partition coefficient (Wildman–Crippen LogP) is 0.622. The van der Waals surface area contributed by atoms with E-state index in [2.05, 4.69) is 15.6 Å². The third-order valence-electron chi connectivity index (χ3n) is 1.42. The molecule has 0 fully saturated rings. The molecule has 2 aliphatic rings. The number of rotatable bonds is 0. The van der Waals surface area contributed by atoms with Gasteiger partial charge in [0.2, 0.25) is 0 Å². The average Bonchev–Trinajstić information content (AvgIpc) is 2.04. The van der Waals surface area contributed by atoms with Crippen LogP contribution < -0.4 is 5.43 Å². The molecule has 0 saturated heterocycles. The summed E-state index contributed by atoms with van der Waals surface area (Å²) in [6.07, 6.45) is 7.65. The van der Waals surface area contributed by atoms with Crippen LogP contribution in [0.25, 0.3) is 0 Å². The lowest BCUT2D eigenvalue weighted by molar-refractivity contribution is 0.492. The molecule has 11 heavy (non-hydrogen) atoms. The highest BCUT2D eigenvalue weighted by molar-refractivity contribution is 5.98. The molecule has 0 radical (unpaired) electrons. The molecule has 0 aromatic carbocycles. The highest BCUT2D eigenvalue weighted by Crippen LogP contribution is 2.03. The van der Waals surface area contributed by atoms with Gasteiger partial charge in [0.1, 0.15) is 5.84 Å². The molecule has 0 bridgehead atoms. The SMILES string of the molecule is CC1=NN=C2C=CC=CN2N1. The van der Waals surface area contributed by atoms with Gasteiger partial charge in [0, 0.05) is 6.20 Å². The van der Waals surface area contributed by atoms with Crippen LogP contribution >= 0.6 is 0 Å². The van der Waals surface area contributed by atoms with Crippen molar-refractivity contribution < 1.29 is 0 Å². The van der Waals surface area contributed by atoms with Crippen molar-refractivity contribution in [2.45, 2.75) is 6.92 Å². The lowest BCUT2D eigenvalue weighted by Gasteiger charge is -2.25. The van der Waals surface area contributed by atoms with E-state index in [0.29, 0.717) is 0 Å². The minimum absolute atomic E-state index is 0.800. The fourth-order valence-corrected chi connectivity index (χ4v) is 0.933. The number of amidine groups is 2. The van der Waals surface area contributed by atoms with E-state index in [4.69, 9.17) is 0 Å². The third kappa shape index (κ3) is 1.02. The fraction of sp³-hybridized carbons (Fsp3) is 0.143. The maximum Gasteiger partial charge on any atom is 0.173 e. The minimum Gasteiger partial charge on any atom is -0.278 e. The van der Waals surface area contributed by atoms with Crippen LogP contribution in [0.2, 0.25) is 0 Å².